The highest BCUT2D eigenvalue weighted by atomic mass is 79.9. The van der Waals surface area contributed by atoms with E-state index in [9.17, 15) is 8.42 Å². The monoisotopic (exact) mass is 436 g/mol. The summed E-state index contributed by atoms with van der Waals surface area (Å²) in [7, 11) is -3.43. The lowest BCUT2D eigenvalue weighted by atomic mass is 10.2. The Morgan fingerprint density at radius 1 is 1.10 bits per heavy atom. The molecule has 1 aromatic carbocycles. The highest BCUT2D eigenvalue weighted by Crippen LogP contribution is 2.30. The van der Waals surface area contributed by atoms with Crippen molar-refractivity contribution in [2.24, 2.45) is 0 Å². The zero-order valence-electron chi connectivity index (χ0n) is 11.6. The van der Waals surface area contributed by atoms with Gasteiger partial charge in [-0.3, -0.25) is 4.90 Å². The SMILES string of the molecule is O=S(=O)(c1ccc(Br)cc1Br)N1CCCN2CCCC2C1. The van der Waals surface area contributed by atoms with Crippen molar-refractivity contribution in [2.45, 2.75) is 30.2 Å². The molecule has 2 aliphatic heterocycles. The first-order valence-electron chi connectivity index (χ1n) is 7.18. The molecule has 7 heteroatoms. The molecular weight excluding hydrogens is 420 g/mol. The Labute approximate surface area is 142 Å². The molecule has 2 saturated heterocycles. The van der Waals surface area contributed by atoms with Gasteiger partial charge in [-0.25, -0.2) is 8.42 Å². The van der Waals surface area contributed by atoms with E-state index in [-0.39, 0.29) is 0 Å². The van der Waals surface area contributed by atoms with Crippen LogP contribution in [-0.2, 0) is 10.0 Å². The molecule has 0 saturated carbocycles. The molecule has 0 radical (unpaired) electrons. The van der Waals surface area contributed by atoms with Crippen molar-refractivity contribution in [1.82, 2.24) is 9.21 Å². The van der Waals surface area contributed by atoms with E-state index in [1.165, 1.54) is 6.42 Å². The second kappa shape index (κ2) is 6.28. The maximum atomic E-state index is 12.9. The molecule has 0 spiro atoms. The fourth-order valence-electron chi connectivity index (χ4n) is 3.21. The first kappa shape index (κ1) is 15.9. The van der Waals surface area contributed by atoms with Crippen molar-refractivity contribution in [3.63, 3.8) is 0 Å². The van der Waals surface area contributed by atoms with Crippen LogP contribution >= 0.6 is 31.9 Å². The van der Waals surface area contributed by atoms with Gasteiger partial charge in [0.1, 0.15) is 0 Å². The molecule has 2 aliphatic rings. The van der Waals surface area contributed by atoms with Crippen molar-refractivity contribution in [3.8, 4) is 0 Å². The first-order valence-corrected chi connectivity index (χ1v) is 10.2. The van der Waals surface area contributed by atoms with Gasteiger partial charge >= 0.3 is 0 Å². The smallest absolute Gasteiger partial charge is 0.244 e. The van der Waals surface area contributed by atoms with Gasteiger partial charge in [-0.2, -0.15) is 4.31 Å². The lowest BCUT2D eigenvalue weighted by Gasteiger charge is -2.25. The summed E-state index contributed by atoms with van der Waals surface area (Å²) < 4.78 is 29.0. The van der Waals surface area contributed by atoms with Crippen LogP contribution in [0, 0.1) is 0 Å². The van der Waals surface area contributed by atoms with E-state index in [4.69, 9.17) is 0 Å². The van der Waals surface area contributed by atoms with E-state index in [2.05, 4.69) is 36.8 Å². The van der Waals surface area contributed by atoms with Crippen LogP contribution in [0.15, 0.2) is 32.0 Å². The Bertz CT molecular complexity index is 636. The average Bonchev–Trinajstić information content (AvgIpc) is 2.75. The Balaban J connectivity index is 1.90. The van der Waals surface area contributed by atoms with Gasteiger partial charge in [-0.15, -0.1) is 0 Å². The van der Waals surface area contributed by atoms with Crippen LogP contribution in [-0.4, -0.2) is 49.8 Å². The van der Waals surface area contributed by atoms with Gasteiger partial charge in [0, 0.05) is 28.1 Å². The van der Waals surface area contributed by atoms with Crippen LogP contribution in [0.4, 0.5) is 0 Å². The fourth-order valence-corrected chi connectivity index (χ4v) is 6.44. The normalized spacial score (nSPS) is 24.8. The van der Waals surface area contributed by atoms with Crippen molar-refractivity contribution >= 4 is 41.9 Å². The lowest BCUT2D eigenvalue weighted by molar-refractivity contribution is 0.257. The molecule has 1 atom stereocenters. The Hall–Kier alpha value is 0.0500. The largest absolute Gasteiger partial charge is 0.299 e. The Morgan fingerprint density at radius 2 is 1.86 bits per heavy atom. The van der Waals surface area contributed by atoms with E-state index in [0.717, 1.165) is 30.4 Å². The molecule has 2 fully saturated rings. The predicted octanol–water partition coefficient (Wildman–Crippen LogP) is 3.07. The van der Waals surface area contributed by atoms with E-state index >= 15 is 0 Å². The Morgan fingerprint density at radius 3 is 2.62 bits per heavy atom. The molecule has 0 bridgehead atoms. The van der Waals surface area contributed by atoms with Gasteiger partial charge in [0.2, 0.25) is 10.0 Å². The van der Waals surface area contributed by atoms with Crippen LogP contribution in [0.5, 0.6) is 0 Å². The molecular formula is C14H18Br2N2O2S. The third-order valence-electron chi connectivity index (χ3n) is 4.28. The van der Waals surface area contributed by atoms with E-state index in [1.54, 1.807) is 22.5 Å². The zero-order valence-corrected chi connectivity index (χ0v) is 15.6. The van der Waals surface area contributed by atoms with Crippen LogP contribution < -0.4 is 0 Å². The van der Waals surface area contributed by atoms with Gasteiger partial charge in [0.05, 0.1) is 4.90 Å². The summed E-state index contributed by atoms with van der Waals surface area (Å²) in [5, 5.41) is 0. The summed E-state index contributed by atoms with van der Waals surface area (Å²) in [4.78, 5) is 2.80. The van der Waals surface area contributed by atoms with Crippen LogP contribution in [0.3, 0.4) is 0 Å². The second-order valence-electron chi connectivity index (χ2n) is 5.62. The lowest BCUT2D eigenvalue weighted by Crippen LogP contribution is -2.39. The number of rotatable bonds is 2. The zero-order chi connectivity index (χ0) is 15.0. The number of halogens is 2. The summed E-state index contributed by atoms with van der Waals surface area (Å²) in [6, 6.07) is 5.61. The van der Waals surface area contributed by atoms with Gasteiger partial charge < -0.3 is 0 Å². The highest BCUT2D eigenvalue weighted by molar-refractivity contribution is 9.11. The molecule has 1 unspecified atom stereocenters. The van der Waals surface area contributed by atoms with Crippen molar-refractivity contribution in [2.75, 3.05) is 26.2 Å². The van der Waals surface area contributed by atoms with Gasteiger partial charge in [-0.1, -0.05) is 15.9 Å². The predicted molar refractivity (Wildman–Crippen MR) is 89.8 cm³/mol. The molecule has 3 rings (SSSR count). The minimum absolute atomic E-state index is 0.358. The standard InChI is InChI=1S/C14H18Br2N2O2S/c15-11-4-5-14(13(16)9-11)21(19,20)18-8-2-7-17-6-1-3-12(17)10-18/h4-5,9,12H,1-3,6-8,10H2. The van der Waals surface area contributed by atoms with Crippen molar-refractivity contribution < 1.29 is 8.42 Å². The molecule has 21 heavy (non-hydrogen) atoms. The topological polar surface area (TPSA) is 40.6 Å². The molecule has 1 aromatic rings. The number of hydrogen-bond donors (Lipinski definition) is 0. The van der Waals surface area contributed by atoms with Crippen LogP contribution in [0.2, 0.25) is 0 Å². The maximum absolute atomic E-state index is 12.9. The molecule has 0 aliphatic carbocycles. The molecule has 0 N–H and O–H groups in total. The highest BCUT2D eigenvalue weighted by Gasteiger charge is 2.34. The first-order chi connectivity index (χ1) is 9.98. The minimum atomic E-state index is -3.43. The summed E-state index contributed by atoms with van der Waals surface area (Å²) in [6.07, 6.45) is 3.19. The minimum Gasteiger partial charge on any atom is -0.299 e. The van der Waals surface area contributed by atoms with Crippen LogP contribution in [0.1, 0.15) is 19.3 Å². The number of hydrogen-bond acceptors (Lipinski definition) is 3. The van der Waals surface area contributed by atoms with Gasteiger partial charge in [0.25, 0.3) is 0 Å². The molecule has 4 nitrogen and oxygen atoms in total. The molecule has 2 heterocycles. The Kier molecular flexibility index (Phi) is 4.76. The number of benzene rings is 1. The van der Waals surface area contributed by atoms with Gasteiger partial charge in [-0.05, 0) is 66.5 Å². The number of fused-ring (bicyclic) bond motifs is 1. The van der Waals surface area contributed by atoms with Crippen molar-refractivity contribution in [1.29, 1.82) is 0 Å². The summed E-state index contributed by atoms with van der Waals surface area (Å²) in [5.74, 6) is 0. The summed E-state index contributed by atoms with van der Waals surface area (Å²) in [6.45, 7) is 3.35. The maximum Gasteiger partial charge on any atom is 0.244 e. The second-order valence-corrected chi connectivity index (χ2v) is 9.30. The third-order valence-corrected chi connectivity index (χ3v) is 7.61. The summed E-state index contributed by atoms with van der Waals surface area (Å²) in [5.41, 5.74) is 0. The molecule has 0 aromatic heterocycles. The van der Waals surface area contributed by atoms with Gasteiger partial charge in [0.15, 0.2) is 0 Å². The number of nitrogens with zero attached hydrogens (tertiary/aromatic N) is 2. The van der Waals surface area contributed by atoms with Crippen molar-refractivity contribution in [3.05, 3.63) is 27.1 Å². The van der Waals surface area contributed by atoms with E-state index < -0.39 is 10.0 Å². The van der Waals surface area contributed by atoms with Crippen LogP contribution in [0.25, 0.3) is 0 Å². The average molecular weight is 438 g/mol. The summed E-state index contributed by atoms with van der Waals surface area (Å²) >= 11 is 6.74. The third kappa shape index (κ3) is 3.22. The molecule has 116 valence electrons. The van der Waals surface area contributed by atoms with E-state index in [1.807, 2.05) is 0 Å². The number of sulfonamides is 1. The fraction of sp³-hybridized carbons (Fsp3) is 0.571. The molecule has 0 amide bonds. The van der Waals surface area contributed by atoms with E-state index in [0.29, 0.717) is 28.5 Å². The quantitative estimate of drug-likeness (QED) is 0.713.